The number of ether oxygens (including phenoxy) is 1. The van der Waals surface area contributed by atoms with Crippen LogP contribution in [0.25, 0.3) is 10.9 Å². The predicted octanol–water partition coefficient (Wildman–Crippen LogP) is 3.55. The Morgan fingerprint density at radius 3 is 2.70 bits per heavy atom. The van der Waals surface area contributed by atoms with Gasteiger partial charge in [-0.15, -0.1) is 0 Å². The Morgan fingerprint density at radius 2 is 1.96 bits per heavy atom. The van der Waals surface area contributed by atoms with Crippen LogP contribution in [0.5, 0.6) is 5.75 Å². The van der Waals surface area contributed by atoms with Crippen molar-refractivity contribution in [3.8, 4) is 5.75 Å². The second-order valence-corrected chi connectivity index (χ2v) is 5.19. The Kier molecular flexibility index (Phi) is 4.06. The molecule has 23 heavy (non-hydrogen) atoms. The van der Waals surface area contributed by atoms with Crippen molar-refractivity contribution in [2.75, 3.05) is 19.1 Å². The SMILES string of the molecule is COc1cc2c(N(C)Cc3cccc(F)c3)ncnc2cc1F. The molecule has 3 rings (SSSR count). The minimum Gasteiger partial charge on any atom is -0.494 e. The third-order valence-corrected chi connectivity index (χ3v) is 3.56. The number of nitrogens with zero attached hydrogens (tertiary/aromatic N) is 3. The molecule has 0 saturated heterocycles. The normalized spacial score (nSPS) is 10.8. The molecule has 0 aliphatic carbocycles. The number of anilines is 1. The summed E-state index contributed by atoms with van der Waals surface area (Å²) in [7, 11) is 3.24. The molecule has 2 aromatic carbocycles. The number of fused-ring (bicyclic) bond motifs is 1. The minimum atomic E-state index is -0.475. The maximum Gasteiger partial charge on any atom is 0.167 e. The van der Waals surface area contributed by atoms with Crippen LogP contribution in [0.4, 0.5) is 14.6 Å². The van der Waals surface area contributed by atoms with Crippen molar-refractivity contribution in [3.05, 3.63) is 59.9 Å². The summed E-state index contributed by atoms with van der Waals surface area (Å²) < 4.78 is 32.1. The van der Waals surface area contributed by atoms with E-state index in [0.717, 1.165) is 5.56 Å². The highest BCUT2D eigenvalue weighted by Crippen LogP contribution is 2.29. The van der Waals surface area contributed by atoms with Gasteiger partial charge in [0.1, 0.15) is 18.0 Å². The van der Waals surface area contributed by atoms with Gasteiger partial charge < -0.3 is 9.64 Å². The molecule has 4 nitrogen and oxygen atoms in total. The molecule has 6 heteroatoms. The zero-order valence-electron chi connectivity index (χ0n) is 12.8. The van der Waals surface area contributed by atoms with E-state index in [4.69, 9.17) is 4.74 Å². The molecule has 1 aromatic heterocycles. The highest BCUT2D eigenvalue weighted by Gasteiger charge is 2.13. The molecule has 0 aliphatic heterocycles. The van der Waals surface area contributed by atoms with Crippen molar-refractivity contribution in [1.82, 2.24) is 9.97 Å². The second kappa shape index (κ2) is 6.16. The monoisotopic (exact) mass is 315 g/mol. The third-order valence-electron chi connectivity index (χ3n) is 3.56. The summed E-state index contributed by atoms with van der Waals surface area (Å²) in [6.07, 6.45) is 1.38. The largest absolute Gasteiger partial charge is 0.494 e. The van der Waals surface area contributed by atoms with E-state index in [1.165, 1.54) is 31.6 Å². The van der Waals surface area contributed by atoms with Gasteiger partial charge in [0.2, 0.25) is 0 Å². The van der Waals surface area contributed by atoms with E-state index in [-0.39, 0.29) is 11.6 Å². The van der Waals surface area contributed by atoms with E-state index in [1.54, 1.807) is 12.1 Å². The lowest BCUT2D eigenvalue weighted by molar-refractivity contribution is 0.387. The topological polar surface area (TPSA) is 38.2 Å². The number of methoxy groups -OCH3 is 1. The summed E-state index contributed by atoms with van der Waals surface area (Å²) in [4.78, 5) is 10.2. The third kappa shape index (κ3) is 3.06. The first kappa shape index (κ1) is 15.1. The number of halogens is 2. The van der Waals surface area contributed by atoms with Gasteiger partial charge in [-0.2, -0.15) is 0 Å². The van der Waals surface area contributed by atoms with Gasteiger partial charge in [0.15, 0.2) is 11.6 Å². The minimum absolute atomic E-state index is 0.132. The van der Waals surface area contributed by atoms with Gasteiger partial charge in [0, 0.05) is 25.0 Å². The molecule has 0 radical (unpaired) electrons. The molecule has 0 fully saturated rings. The molecule has 0 atom stereocenters. The van der Waals surface area contributed by atoms with Crippen molar-refractivity contribution in [2.24, 2.45) is 0 Å². The number of benzene rings is 2. The first-order valence-corrected chi connectivity index (χ1v) is 7.02. The Hall–Kier alpha value is -2.76. The Balaban J connectivity index is 2.01. The number of rotatable bonds is 4. The predicted molar refractivity (Wildman–Crippen MR) is 84.6 cm³/mol. The van der Waals surface area contributed by atoms with Crippen LogP contribution in [-0.2, 0) is 6.54 Å². The molecule has 0 N–H and O–H groups in total. The van der Waals surface area contributed by atoms with Gasteiger partial charge in [0.05, 0.1) is 12.6 Å². The van der Waals surface area contributed by atoms with Crippen molar-refractivity contribution in [3.63, 3.8) is 0 Å². The van der Waals surface area contributed by atoms with Gasteiger partial charge in [0.25, 0.3) is 0 Å². The van der Waals surface area contributed by atoms with Gasteiger partial charge in [-0.1, -0.05) is 12.1 Å². The zero-order valence-corrected chi connectivity index (χ0v) is 12.8. The molecule has 0 saturated carbocycles. The van der Waals surface area contributed by atoms with Crippen LogP contribution in [0.2, 0.25) is 0 Å². The molecule has 0 unspecified atom stereocenters. The fourth-order valence-electron chi connectivity index (χ4n) is 2.49. The molecule has 0 aliphatic rings. The molecule has 3 aromatic rings. The van der Waals surface area contributed by atoms with Gasteiger partial charge in [-0.3, -0.25) is 0 Å². The van der Waals surface area contributed by atoms with Crippen LogP contribution < -0.4 is 9.64 Å². The van der Waals surface area contributed by atoms with Crippen molar-refractivity contribution < 1.29 is 13.5 Å². The Morgan fingerprint density at radius 1 is 1.13 bits per heavy atom. The Bertz CT molecular complexity index is 854. The number of hydrogen-bond acceptors (Lipinski definition) is 4. The van der Waals surface area contributed by atoms with Crippen molar-refractivity contribution >= 4 is 16.7 Å². The van der Waals surface area contributed by atoms with E-state index >= 15 is 0 Å². The summed E-state index contributed by atoms with van der Waals surface area (Å²) >= 11 is 0. The van der Waals surface area contributed by atoms with Crippen LogP contribution in [0.15, 0.2) is 42.7 Å². The van der Waals surface area contributed by atoms with E-state index in [0.29, 0.717) is 23.3 Å². The molecule has 0 amide bonds. The average molecular weight is 315 g/mol. The molecular formula is C17H15F2N3O. The molecule has 0 bridgehead atoms. The van der Waals surface area contributed by atoms with Crippen LogP contribution in [0.1, 0.15) is 5.56 Å². The quantitative estimate of drug-likeness (QED) is 0.738. The van der Waals surface area contributed by atoms with Gasteiger partial charge >= 0.3 is 0 Å². The fourth-order valence-corrected chi connectivity index (χ4v) is 2.49. The summed E-state index contributed by atoms with van der Waals surface area (Å²) in [6.45, 7) is 0.462. The van der Waals surface area contributed by atoms with Crippen LogP contribution >= 0.6 is 0 Å². The van der Waals surface area contributed by atoms with E-state index in [1.807, 2.05) is 18.0 Å². The fraction of sp³-hybridized carbons (Fsp3) is 0.176. The van der Waals surface area contributed by atoms with Gasteiger partial charge in [-0.25, -0.2) is 18.7 Å². The summed E-state index contributed by atoms with van der Waals surface area (Å²) in [5.41, 5.74) is 1.30. The smallest absolute Gasteiger partial charge is 0.167 e. The molecule has 1 heterocycles. The molecule has 0 spiro atoms. The highest BCUT2D eigenvalue weighted by molar-refractivity contribution is 5.90. The maximum absolute atomic E-state index is 13.8. The summed E-state index contributed by atoms with van der Waals surface area (Å²) in [6, 6.07) is 9.26. The first-order valence-electron chi connectivity index (χ1n) is 7.02. The highest BCUT2D eigenvalue weighted by atomic mass is 19.1. The number of aromatic nitrogens is 2. The van der Waals surface area contributed by atoms with E-state index in [2.05, 4.69) is 9.97 Å². The lowest BCUT2D eigenvalue weighted by Gasteiger charge is -2.20. The zero-order chi connectivity index (χ0) is 16.4. The number of hydrogen-bond donors (Lipinski definition) is 0. The van der Waals surface area contributed by atoms with Gasteiger partial charge in [-0.05, 0) is 23.8 Å². The van der Waals surface area contributed by atoms with E-state index < -0.39 is 5.82 Å². The van der Waals surface area contributed by atoms with Crippen molar-refractivity contribution in [1.29, 1.82) is 0 Å². The van der Waals surface area contributed by atoms with Crippen molar-refractivity contribution in [2.45, 2.75) is 6.54 Å². The standard InChI is InChI=1S/C17H15F2N3O/c1-22(9-11-4-3-5-12(18)6-11)17-13-7-16(23-2)14(19)8-15(13)20-10-21-17/h3-8,10H,9H2,1-2H3. The molecular weight excluding hydrogens is 300 g/mol. The maximum atomic E-state index is 13.8. The lowest BCUT2D eigenvalue weighted by Crippen LogP contribution is -2.18. The average Bonchev–Trinajstić information content (AvgIpc) is 2.53. The van der Waals surface area contributed by atoms with Crippen LogP contribution in [0, 0.1) is 11.6 Å². The summed E-state index contributed by atoms with van der Waals surface area (Å²) in [5, 5.41) is 0.671. The molecule has 118 valence electrons. The van der Waals surface area contributed by atoms with E-state index in [9.17, 15) is 8.78 Å². The van der Waals surface area contributed by atoms with Crippen LogP contribution in [0.3, 0.4) is 0 Å². The Labute approximate surface area is 132 Å². The first-order chi connectivity index (χ1) is 11.1. The second-order valence-electron chi connectivity index (χ2n) is 5.19. The lowest BCUT2D eigenvalue weighted by atomic mass is 10.2. The summed E-state index contributed by atoms with van der Waals surface area (Å²) in [5.74, 6) is -0.00474. The van der Waals surface area contributed by atoms with Crippen LogP contribution in [-0.4, -0.2) is 24.1 Å².